The summed E-state index contributed by atoms with van der Waals surface area (Å²) in [5, 5.41) is -0.882. The van der Waals surface area contributed by atoms with Gasteiger partial charge in [-0.15, -0.1) is 0 Å². The number of carbonyl (C=O) groups excluding carboxylic acids is 2. The van der Waals surface area contributed by atoms with Gasteiger partial charge in [0, 0.05) is 12.3 Å². The Bertz CT molecular complexity index is 328. The molecule has 1 saturated carbocycles. The van der Waals surface area contributed by atoms with Gasteiger partial charge in [0.25, 0.3) is 0 Å². The summed E-state index contributed by atoms with van der Waals surface area (Å²) in [6, 6.07) is 0. The van der Waals surface area contributed by atoms with Crippen LogP contribution in [-0.2, 0) is 9.59 Å². The van der Waals surface area contributed by atoms with Gasteiger partial charge in [0.2, 0.25) is 10.5 Å². The van der Waals surface area contributed by atoms with Crippen molar-refractivity contribution in [3.8, 4) is 0 Å². The number of carbonyl (C=O) groups is 2. The third-order valence-corrected chi connectivity index (χ3v) is 5.12. The average molecular weight is 293 g/mol. The van der Waals surface area contributed by atoms with Gasteiger partial charge in [-0.25, -0.2) is 0 Å². The molecule has 1 fully saturated rings. The van der Waals surface area contributed by atoms with Crippen LogP contribution in [0, 0.1) is 23.2 Å². The highest BCUT2D eigenvalue weighted by Gasteiger charge is 2.39. The zero-order valence-electron chi connectivity index (χ0n) is 11.3. The van der Waals surface area contributed by atoms with Crippen molar-refractivity contribution in [2.75, 3.05) is 0 Å². The van der Waals surface area contributed by atoms with E-state index in [4.69, 9.17) is 23.2 Å². The van der Waals surface area contributed by atoms with Gasteiger partial charge < -0.3 is 0 Å². The maximum atomic E-state index is 11.5. The quantitative estimate of drug-likeness (QED) is 0.705. The second-order valence-corrected chi connectivity index (χ2v) is 6.93. The monoisotopic (exact) mass is 292 g/mol. The van der Waals surface area contributed by atoms with E-state index in [9.17, 15) is 9.59 Å². The molecule has 0 aliphatic heterocycles. The van der Waals surface area contributed by atoms with E-state index in [2.05, 4.69) is 20.8 Å². The molecule has 3 atom stereocenters. The molecule has 0 amide bonds. The SMILES string of the molecule is CC(C)C1(C)CCCC(C(CC(=O)Cl)C(=O)Cl)C1. The highest BCUT2D eigenvalue weighted by Crippen LogP contribution is 2.47. The minimum atomic E-state index is -0.467. The molecule has 18 heavy (non-hydrogen) atoms. The van der Waals surface area contributed by atoms with Crippen LogP contribution in [0.3, 0.4) is 0 Å². The maximum Gasteiger partial charge on any atom is 0.225 e. The van der Waals surface area contributed by atoms with Gasteiger partial charge in [0.15, 0.2) is 0 Å². The van der Waals surface area contributed by atoms with Gasteiger partial charge in [-0.2, -0.15) is 0 Å². The fourth-order valence-electron chi connectivity index (χ4n) is 3.04. The van der Waals surface area contributed by atoms with Crippen molar-refractivity contribution < 1.29 is 9.59 Å². The Morgan fingerprint density at radius 3 is 2.39 bits per heavy atom. The lowest BCUT2D eigenvalue weighted by atomic mass is 9.62. The topological polar surface area (TPSA) is 34.1 Å². The average Bonchev–Trinajstić information content (AvgIpc) is 2.25. The zero-order chi connectivity index (χ0) is 13.9. The molecule has 104 valence electrons. The van der Waals surface area contributed by atoms with Crippen LogP contribution < -0.4 is 0 Å². The Labute approximate surface area is 119 Å². The lowest BCUT2D eigenvalue weighted by molar-refractivity contribution is -0.122. The summed E-state index contributed by atoms with van der Waals surface area (Å²) in [7, 11) is 0. The summed E-state index contributed by atoms with van der Waals surface area (Å²) in [5.74, 6) is 0.354. The first-order valence-corrected chi connectivity index (χ1v) is 7.39. The van der Waals surface area contributed by atoms with Gasteiger partial charge in [-0.1, -0.05) is 27.2 Å². The van der Waals surface area contributed by atoms with E-state index in [1.807, 2.05) is 0 Å². The van der Waals surface area contributed by atoms with Crippen molar-refractivity contribution >= 4 is 33.7 Å². The molecule has 0 N–H and O–H groups in total. The largest absolute Gasteiger partial charge is 0.281 e. The van der Waals surface area contributed by atoms with Crippen LogP contribution in [0.5, 0.6) is 0 Å². The molecule has 0 aromatic carbocycles. The minimum Gasteiger partial charge on any atom is -0.281 e. The fourth-order valence-corrected chi connectivity index (χ4v) is 3.47. The fraction of sp³-hybridized carbons (Fsp3) is 0.857. The molecular weight excluding hydrogens is 271 g/mol. The van der Waals surface area contributed by atoms with Crippen LogP contribution >= 0.6 is 23.2 Å². The van der Waals surface area contributed by atoms with Gasteiger partial charge in [-0.05, 0) is 59.7 Å². The first-order valence-electron chi connectivity index (χ1n) is 6.64. The van der Waals surface area contributed by atoms with E-state index in [0.717, 1.165) is 19.3 Å². The maximum absolute atomic E-state index is 11.5. The summed E-state index contributed by atoms with van der Waals surface area (Å²) in [5.41, 5.74) is 0.239. The Morgan fingerprint density at radius 1 is 1.33 bits per heavy atom. The minimum absolute atomic E-state index is 0.0722. The molecule has 0 heterocycles. The van der Waals surface area contributed by atoms with Crippen LogP contribution in [0.1, 0.15) is 52.9 Å². The highest BCUT2D eigenvalue weighted by atomic mass is 35.5. The van der Waals surface area contributed by atoms with Crippen LogP contribution in [-0.4, -0.2) is 10.5 Å². The van der Waals surface area contributed by atoms with Crippen LogP contribution in [0.25, 0.3) is 0 Å². The lowest BCUT2D eigenvalue weighted by Gasteiger charge is -2.43. The van der Waals surface area contributed by atoms with Crippen molar-refractivity contribution in [3.63, 3.8) is 0 Å². The predicted octanol–water partition coefficient (Wildman–Crippen LogP) is 4.38. The summed E-state index contributed by atoms with van der Waals surface area (Å²) in [6.45, 7) is 6.70. The second kappa shape index (κ2) is 6.38. The molecule has 2 nitrogen and oxygen atoms in total. The molecule has 4 heteroatoms. The van der Waals surface area contributed by atoms with Crippen LogP contribution in [0.4, 0.5) is 0 Å². The molecule has 3 unspecified atom stereocenters. The van der Waals surface area contributed by atoms with E-state index in [-0.39, 0.29) is 17.8 Å². The Hall–Kier alpha value is -0.0800. The van der Waals surface area contributed by atoms with Gasteiger partial charge in [-0.3, -0.25) is 9.59 Å². The molecule has 1 aliphatic rings. The number of halogens is 2. The Balaban J connectivity index is 2.80. The van der Waals surface area contributed by atoms with E-state index < -0.39 is 16.4 Å². The van der Waals surface area contributed by atoms with Crippen molar-refractivity contribution in [3.05, 3.63) is 0 Å². The van der Waals surface area contributed by atoms with E-state index >= 15 is 0 Å². The second-order valence-electron chi connectivity index (χ2n) is 6.14. The zero-order valence-corrected chi connectivity index (χ0v) is 12.9. The van der Waals surface area contributed by atoms with Crippen molar-refractivity contribution in [2.45, 2.75) is 52.9 Å². The number of hydrogen-bond acceptors (Lipinski definition) is 2. The van der Waals surface area contributed by atoms with Gasteiger partial charge in [0.05, 0.1) is 0 Å². The molecule has 0 radical (unpaired) electrons. The first kappa shape index (κ1) is 16.0. The van der Waals surface area contributed by atoms with Crippen LogP contribution in [0.2, 0.25) is 0 Å². The summed E-state index contributed by atoms with van der Waals surface area (Å²) >= 11 is 11.1. The number of hydrogen-bond donors (Lipinski definition) is 0. The molecule has 1 rings (SSSR count). The van der Waals surface area contributed by atoms with E-state index in [0.29, 0.717) is 5.92 Å². The molecular formula is C14H22Cl2O2. The predicted molar refractivity (Wildman–Crippen MR) is 74.7 cm³/mol. The summed E-state index contributed by atoms with van der Waals surface area (Å²) < 4.78 is 0. The first-order chi connectivity index (χ1) is 8.26. The normalized spacial score (nSPS) is 30.2. The summed E-state index contributed by atoms with van der Waals surface area (Å²) in [6.07, 6.45) is 4.27. The van der Waals surface area contributed by atoms with E-state index in [1.54, 1.807) is 0 Å². The Kier molecular flexibility index (Phi) is 5.67. The molecule has 0 aromatic rings. The molecule has 1 aliphatic carbocycles. The molecule has 0 aromatic heterocycles. The van der Waals surface area contributed by atoms with Crippen molar-refractivity contribution in [2.24, 2.45) is 23.2 Å². The van der Waals surface area contributed by atoms with Crippen molar-refractivity contribution in [1.29, 1.82) is 0 Å². The third kappa shape index (κ3) is 3.96. The summed E-state index contributed by atoms with van der Waals surface area (Å²) in [4.78, 5) is 22.6. The third-order valence-electron chi connectivity index (χ3n) is 4.69. The molecule has 0 spiro atoms. The smallest absolute Gasteiger partial charge is 0.225 e. The van der Waals surface area contributed by atoms with Crippen molar-refractivity contribution in [1.82, 2.24) is 0 Å². The van der Waals surface area contributed by atoms with Crippen LogP contribution in [0.15, 0.2) is 0 Å². The molecule has 0 bridgehead atoms. The lowest BCUT2D eigenvalue weighted by Crippen LogP contribution is -2.35. The van der Waals surface area contributed by atoms with E-state index in [1.165, 1.54) is 6.42 Å². The number of rotatable bonds is 5. The standard InChI is InChI=1S/C14H22Cl2O2/c1-9(2)14(3)6-4-5-10(8-14)11(13(16)18)7-12(15)17/h9-11H,4-8H2,1-3H3. The van der Waals surface area contributed by atoms with Gasteiger partial charge in [0.1, 0.15) is 0 Å². The van der Waals surface area contributed by atoms with Gasteiger partial charge >= 0.3 is 0 Å². The highest BCUT2D eigenvalue weighted by molar-refractivity contribution is 6.66. The Morgan fingerprint density at radius 2 is 1.94 bits per heavy atom. The molecule has 0 saturated heterocycles.